The van der Waals surface area contributed by atoms with Gasteiger partial charge in [-0.05, 0) is 54.8 Å². The summed E-state index contributed by atoms with van der Waals surface area (Å²) in [6.07, 6.45) is -1.42. The van der Waals surface area contributed by atoms with Crippen LogP contribution in [0.1, 0.15) is 59.2 Å². The average molecular weight is 421 g/mol. The summed E-state index contributed by atoms with van der Waals surface area (Å²) in [5.74, 6) is -0.543. The summed E-state index contributed by atoms with van der Waals surface area (Å²) in [6.45, 7) is 8.51. The number of aliphatic hydroxyl groups is 1. The lowest BCUT2D eigenvalue weighted by molar-refractivity contribution is -0.00582. The fourth-order valence-corrected chi connectivity index (χ4v) is 2.49. The van der Waals surface area contributed by atoms with E-state index in [0.29, 0.717) is 5.89 Å². The van der Waals surface area contributed by atoms with Crippen LogP contribution in [0.3, 0.4) is 0 Å². The van der Waals surface area contributed by atoms with Crippen molar-refractivity contribution in [2.45, 2.75) is 39.3 Å². The van der Waals surface area contributed by atoms with Crippen LogP contribution in [-0.2, 0) is 0 Å². The monoisotopic (exact) mass is 421 g/mol. The summed E-state index contributed by atoms with van der Waals surface area (Å²) in [4.78, 5) is 16.7. The zero-order chi connectivity index (χ0) is 22.4. The highest BCUT2D eigenvalue weighted by atomic mass is 19.3. The van der Waals surface area contributed by atoms with Crippen molar-refractivity contribution in [2.75, 3.05) is 0 Å². The lowest BCUT2D eigenvalue weighted by atomic mass is 9.97. The maximum absolute atomic E-state index is 13.3. The standard InChI is InChI=1S/C21H22F3N3O3/c1-5-17(22)7-6-11(2)14-8-15(18(28)19(23)24)10-16(9-14)21(29)25-12(3)20-26-13(4)30-27-20/h5-10,12,18-19,28H,2H2,1,3-4H3,(H,25,29)/b7-6-,17-5+/t12-,18?/m1/s1. The number of amides is 1. The molecular weight excluding hydrogens is 399 g/mol. The Bertz CT molecular complexity index is 983. The highest BCUT2D eigenvalue weighted by molar-refractivity contribution is 5.95. The molecule has 0 aliphatic heterocycles. The van der Waals surface area contributed by atoms with Crippen molar-refractivity contribution in [1.29, 1.82) is 0 Å². The Kier molecular flexibility index (Phi) is 7.71. The second-order valence-electron chi connectivity index (χ2n) is 6.52. The van der Waals surface area contributed by atoms with Crippen molar-refractivity contribution in [3.8, 4) is 0 Å². The Balaban J connectivity index is 2.37. The molecular formula is C21H22F3N3O3. The van der Waals surface area contributed by atoms with Crippen LogP contribution in [0.4, 0.5) is 13.2 Å². The predicted molar refractivity (Wildman–Crippen MR) is 105 cm³/mol. The van der Waals surface area contributed by atoms with Gasteiger partial charge < -0.3 is 14.9 Å². The minimum atomic E-state index is -3.05. The van der Waals surface area contributed by atoms with E-state index in [4.69, 9.17) is 4.52 Å². The number of nitrogens with one attached hydrogen (secondary N) is 1. The van der Waals surface area contributed by atoms with Crippen molar-refractivity contribution in [3.63, 3.8) is 0 Å². The minimum absolute atomic E-state index is 0.00956. The Labute approximate surface area is 171 Å². The van der Waals surface area contributed by atoms with Gasteiger partial charge in [-0.1, -0.05) is 23.9 Å². The van der Waals surface area contributed by atoms with E-state index >= 15 is 0 Å². The molecule has 9 heteroatoms. The van der Waals surface area contributed by atoms with E-state index in [1.165, 1.54) is 31.2 Å². The molecule has 1 amide bonds. The molecule has 6 nitrogen and oxygen atoms in total. The number of alkyl halides is 2. The molecule has 2 rings (SSSR count). The summed E-state index contributed by atoms with van der Waals surface area (Å²) in [5.41, 5.74) is 0.388. The molecule has 1 unspecified atom stereocenters. The van der Waals surface area contributed by atoms with Crippen molar-refractivity contribution >= 4 is 11.5 Å². The number of aryl methyl sites for hydroxylation is 1. The van der Waals surface area contributed by atoms with E-state index in [2.05, 4.69) is 22.0 Å². The van der Waals surface area contributed by atoms with Crippen LogP contribution in [0.25, 0.3) is 5.57 Å². The van der Waals surface area contributed by atoms with E-state index in [0.717, 1.165) is 12.1 Å². The van der Waals surface area contributed by atoms with Crippen LogP contribution >= 0.6 is 0 Å². The zero-order valence-corrected chi connectivity index (χ0v) is 16.7. The van der Waals surface area contributed by atoms with E-state index in [1.54, 1.807) is 13.8 Å². The van der Waals surface area contributed by atoms with Gasteiger partial charge in [0.2, 0.25) is 5.89 Å². The van der Waals surface area contributed by atoms with Crippen LogP contribution in [-0.4, -0.2) is 27.6 Å². The van der Waals surface area contributed by atoms with Gasteiger partial charge in [0.1, 0.15) is 11.9 Å². The smallest absolute Gasteiger partial charge is 0.268 e. The average Bonchev–Trinajstić information content (AvgIpc) is 3.16. The topological polar surface area (TPSA) is 88.3 Å². The third kappa shape index (κ3) is 5.90. The fourth-order valence-electron chi connectivity index (χ4n) is 2.49. The predicted octanol–water partition coefficient (Wildman–Crippen LogP) is 4.61. The number of aliphatic hydroxyl groups excluding tert-OH is 1. The van der Waals surface area contributed by atoms with Gasteiger partial charge in [-0.15, -0.1) is 0 Å². The maximum atomic E-state index is 13.3. The molecule has 2 atom stereocenters. The lowest BCUT2D eigenvalue weighted by Crippen LogP contribution is -2.27. The number of nitrogens with zero attached hydrogens (tertiary/aromatic N) is 2. The van der Waals surface area contributed by atoms with Gasteiger partial charge in [-0.25, -0.2) is 13.2 Å². The molecule has 0 spiro atoms. The van der Waals surface area contributed by atoms with Gasteiger partial charge in [0, 0.05) is 12.5 Å². The van der Waals surface area contributed by atoms with E-state index in [9.17, 15) is 23.1 Å². The quantitative estimate of drug-likeness (QED) is 0.608. The summed E-state index contributed by atoms with van der Waals surface area (Å²) in [6, 6.07) is 3.23. The number of aromatic nitrogens is 2. The summed E-state index contributed by atoms with van der Waals surface area (Å²) >= 11 is 0. The first-order valence-corrected chi connectivity index (χ1v) is 9.03. The number of rotatable bonds is 8. The van der Waals surface area contributed by atoms with Crippen LogP contribution in [0.2, 0.25) is 0 Å². The number of hydrogen-bond acceptors (Lipinski definition) is 5. The Morgan fingerprint density at radius 1 is 1.27 bits per heavy atom. The lowest BCUT2D eigenvalue weighted by Gasteiger charge is -2.15. The molecule has 0 aliphatic carbocycles. The highest BCUT2D eigenvalue weighted by Gasteiger charge is 2.23. The fraction of sp³-hybridized carbons (Fsp3) is 0.286. The molecule has 1 heterocycles. The number of halogens is 3. The van der Waals surface area contributed by atoms with Gasteiger partial charge in [-0.3, -0.25) is 4.79 Å². The van der Waals surface area contributed by atoms with E-state index < -0.39 is 30.3 Å². The van der Waals surface area contributed by atoms with Crippen molar-refractivity contribution < 1.29 is 27.6 Å². The molecule has 2 aromatic rings. The number of hydrogen-bond donors (Lipinski definition) is 2. The molecule has 1 aromatic carbocycles. The van der Waals surface area contributed by atoms with Gasteiger partial charge in [-0.2, -0.15) is 4.98 Å². The molecule has 0 saturated carbocycles. The number of carbonyl (C=O) groups excluding carboxylic acids is 1. The molecule has 0 saturated heterocycles. The molecule has 0 fully saturated rings. The first-order valence-electron chi connectivity index (χ1n) is 9.03. The first-order chi connectivity index (χ1) is 14.1. The molecule has 160 valence electrons. The van der Waals surface area contributed by atoms with Gasteiger partial charge >= 0.3 is 0 Å². The minimum Gasteiger partial charge on any atom is -0.382 e. The Hall–Kier alpha value is -3.20. The summed E-state index contributed by atoms with van der Waals surface area (Å²) in [5, 5.41) is 16.2. The molecule has 1 aromatic heterocycles. The molecule has 0 bridgehead atoms. The van der Waals surface area contributed by atoms with Crippen molar-refractivity contribution in [3.05, 3.63) is 77.2 Å². The normalized spacial score (nSPS) is 14.2. The number of allylic oxidation sites excluding steroid dienone is 5. The molecule has 2 N–H and O–H groups in total. The second kappa shape index (κ2) is 10.0. The van der Waals surface area contributed by atoms with Gasteiger partial charge in [0.25, 0.3) is 12.3 Å². The van der Waals surface area contributed by atoms with Crippen LogP contribution in [0, 0.1) is 6.92 Å². The first kappa shape index (κ1) is 23.1. The molecule has 0 radical (unpaired) electrons. The third-order valence-electron chi connectivity index (χ3n) is 4.17. The van der Waals surface area contributed by atoms with Crippen LogP contribution in [0.5, 0.6) is 0 Å². The van der Waals surface area contributed by atoms with Crippen molar-refractivity contribution in [1.82, 2.24) is 15.5 Å². The third-order valence-corrected chi connectivity index (χ3v) is 4.17. The van der Waals surface area contributed by atoms with E-state index in [1.807, 2.05) is 0 Å². The SMILES string of the molecule is C=C(/C=C\C(F)=C/C)c1cc(C(=O)N[C@H](C)c2noc(C)n2)cc(C(O)C(F)F)c1. The van der Waals surface area contributed by atoms with Gasteiger partial charge in [0.15, 0.2) is 5.82 Å². The number of benzene rings is 1. The van der Waals surface area contributed by atoms with Crippen molar-refractivity contribution in [2.24, 2.45) is 0 Å². The molecule has 30 heavy (non-hydrogen) atoms. The Morgan fingerprint density at radius 2 is 1.93 bits per heavy atom. The summed E-state index contributed by atoms with van der Waals surface area (Å²) in [7, 11) is 0. The largest absolute Gasteiger partial charge is 0.382 e. The van der Waals surface area contributed by atoms with Crippen LogP contribution in [0.15, 0.2) is 53.4 Å². The van der Waals surface area contributed by atoms with Gasteiger partial charge in [0.05, 0.1) is 6.04 Å². The number of carbonyl (C=O) groups is 1. The Morgan fingerprint density at radius 3 is 2.50 bits per heavy atom. The van der Waals surface area contributed by atoms with E-state index in [-0.39, 0.29) is 28.1 Å². The van der Waals surface area contributed by atoms with Crippen LogP contribution < -0.4 is 5.32 Å². The maximum Gasteiger partial charge on any atom is 0.268 e. The highest BCUT2D eigenvalue weighted by Crippen LogP contribution is 2.26. The summed E-state index contributed by atoms with van der Waals surface area (Å²) < 4.78 is 44.3. The second-order valence-corrected chi connectivity index (χ2v) is 6.52. The molecule has 0 aliphatic rings. The zero-order valence-electron chi connectivity index (χ0n) is 16.7.